The van der Waals surface area contributed by atoms with Gasteiger partial charge in [-0.05, 0) is 58.0 Å². The zero-order chi connectivity index (χ0) is 15.9. The maximum absolute atomic E-state index is 6.07. The molecule has 0 spiro atoms. The maximum atomic E-state index is 6.07. The van der Waals surface area contributed by atoms with E-state index < -0.39 is 0 Å². The zero-order valence-corrected chi connectivity index (χ0v) is 14.9. The number of thiocarbonyl (C=S) groups is 1. The fourth-order valence-electron chi connectivity index (χ4n) is 3.08. The van der Waals surface area contributed by atoms with Gasteiger partial charge < -0.3 is 15.5 Å². The Kier molecular flexibility index (Phi) is 3.99. The molecule has 118 valence electrons. The lowest BCUT2D eigenvalue weighted by Gasteiger charge is -2.38. The molecule has 0 bridgehead atoms. The first-order valence-corrected chi connectivity index (χ1v) is 8.88. The van der Waals surface area contributed by atoms with Crippen LogP contribution in [0.25, 0.3) is 10.2 Å². The first kappa shape index (κ1) is 15.5. The van der Waals surface area contributed by atoms with Gasteiger partial charge in [0.1, 0.15) is 0 Å². The van der Waals surface area contributed by atoms with Gasteiger partial charge in [0.15, 0.2) is 5.11 Å². The molecule has 1 aromatic heterocycles. The van der Waals surface area contributed by atoms with Crippen molar-refractivity contribution in [3.05, 3.63) is 17.6 Å². The van der Waals surface area contributed by atoms with E-state index in [0.717, 1.165) is 24.3 Å². The molecule has 1 aromatic carbocycles. The van der Waals surface area contributed by atoms with Gasteiger partial charge >= 0.3 is 0 Å². The van der Waals surface area contributed by atoms with Crippen LogP contribution in [0.1, 0.15) is 33.6 Å². The number of nitrogens with zero attached hydrogens (tertiary/aromatic N) is 3. The molecule has 22 heavy (non-hydrogen) atoms. The number of anilines is 2. The fourth-order valence-corrected chi connectivity index (χ4v) is 4.15. The third-order valence-electron chi connectivity index (χ3n) is 4.01. The average molecular weight is 335 g/mol. The van der Waals surface area contributed by atoms with Crippen molar-refractivity contribution in [2.45, 2.75) is 39.2 Å². The second kappa shape index (κ2) is 5.66. The molecular weight excluding hydrogens is 312 g/mol. The van der Waals surface area contributed by atoms with E-state index in [9.17, 15) is 0 Å². The van der Waals surface area contributed by atoms with Crippen LogP contribution < -0.4 is 15.5 Å². The summed E-state index contributed by atoms with van der Waals surface area (Å²) in [5.41, 5.74) is 11.1. The number of benzene rings is 1. The molecule has 1 fully saturated rings. The van der Waals surface area contributed by atoms with Gasteiger partial charge in [0.25, 0.3) is 0 Å². The first-order valence-electron chi connectivity index (χ1n) is 7.60. The molecule has 0 unspecified atom stereocenters. The van der Waals surface area contributed by atoms with Crippen LogP contribution in [0.15, 0.2) is 17.6 Å². The topological polar surface area (TPSA) is 45.4 Å². The van der Waals surface area contributed by atoms with Crippen molar-refractivity contribution in [1.82, 2.24) is 4.98 Å². The van der Waals surface area contributed by atoms with E-state index in [0.29, 0.717) is 5.11 Å². The van der Waals surface area contributed by atoms with Crippen LogP contribution in [0.5, 0.6) is 0 Å². The summed E-state index contributed by atoms with van der Waals surface area (Å²) in [6.45, 7) is 8.57. The zero-order valence-electron chi connectivity index (χ0n) is 13.3. The number of nitrogens with two attached hydrogens (primary N) is 1. The van der Waals surface area contributed by atoms with Gasteiger partial charge in [-0.3, -0.25) is 0 Å². The van der Waals surface area contributed by atoms with Gasteiger partial charge in [-0.25, -0.2) is 4.98 Å². The Balaban J connectivity index is 2.20. The number of fused-ring (bicyclic) bond motifs is 1. The van der Waals surface area contributed by atoms with Crippen molar-refractivity contribution in [2.24, 2.45) is 5.73 Å². The summed E-state index contributed by atoms with van der Waals surface area (Å²) >= 11 is 7.01. The summed E-state index contributed by atoms with van der Waals surface area (Å²) in [7, 11) is 0. The van der Waals surface area contributed by atoms with Crippen molar-refractivity contribution >= 4 is 50.3 Å². The Hall–Kier alpha value is -1.40. The van der Waals surface area contributed by atoms with Gasteiger partial charge in [0, 0.05) is 18.6 Å². The van der Waals surface area contributed by atoms with Crippen LogP contribution in [-0.4, -0.2) is 28.7 Å². The van der Waals surface area contributed by atoms with Crippen molar-refractivity contribution in [3.8, 4) is 0 Å². The van der Waals surface area contributed by atoms with E-state index in [2.05, 4.69) is 47.7 Å². The molecule has 1 saturated heterocycles. The van der Waals surface area contributed by atoms with E-state index in [4.69, 9.17) is 18.0 Å². The van der Waals surface area contributed by atoms with Crippen LogP contribution in [0.4, 0.5) is 11.4 Å². The highest BCUT2D eigenvalue weighted by Crippen LogP contribution is 2.39. The molecular formula is C16H22N4S2. The number of hydrogen-bond donors (Lipinski definition) is 1. The summed E-state index contributed by atoms with van der Waals surface area (Å²) < 4.78 is 1.17. The lowest BCUT2D eigenvalue weighted by Crippen LogP contribution is -2.49. The van der Waals surface area contributed by atoms with Crippen LogP contribution >= 0.6 is 23.6 Å². The molecule has 0 radical (unpaired) electrons. The summed E-state index contributed by atoms with van der Waals surface area (Å²) in [6, 6.07) is 4.37. The molecule has 3 rings (SSSR count). The molecule has 4 nitrogen and oxygen atoms in total. The molecule has 6 heteroatoms. The van der Waals surface area contributed by atoms with Gasteiger partial charge in [-0.15, -0.1) is 11.3 Å². The lowest BCUT2D eigenvalue weighted by atomic mass is 10.0. The summed E-state index contributed by atoms with van der Waals surface area (Å²) in [6.07, 6.45) is 2.47. The molecule has 2 heterocycles. The Bertz CT molecular complexity index is 696. The number of aromatic nitrogens is 1. The average Bonchev–Trinajstić information content (AvgIpc) is 3.06. The van der Waals surface area contributed by atoms with Crippen molar-refractivity contribution in [3.63, 3.8) is 0 Å². The third-order valence-corrected chi connectivity index (χ3v) is 4.98. The fraction of sp³-hybridized carbons (Fsp3) is 0.500. The monoisotopic (exact) mass is 334 g/mol. The molecule has 0 atom stereocenters. The van der Waals surface area contributed by atoms with E-state index in [1.807, 2.05) is 5.51 Å². The van der Waals surface area contributed by atoms with Gasteiger partial charge in [0.05, 0.1) is 27.1 Å². The van der Waals surface area contributed by atoms with Crippen molar-refractivity contribution < 1.29 is 0 Å². The molecule has 2 N–H and O–H groups in total. The Morgan fingerprint density at radius 3 is 2.59 bits per heavy atom. The highest BCUT2D eigenvalue weighted by molar-refractivity contribution is 7.80. The Morgan fingerprint density at radius 2 is 2.00 bits per heavy atom. The second-order valence-electron chi connectivity index (χ2n) is 6.70. The van der Waals surface area contributed by atoms with Crippen LogP contribution in [0, 0.1) is 0 Å². The minimum atomic E-state index is -0.168. The maximum Gasteiger partial charge on any atom is 0.171 e. The van der Waals surface area contributed by atoms with E-state index in [1.165, 1.54) is 23.2 Å². The molecule has 0 saturated carbocycles. The lowest BCUT2D eigenvalue weighted by molar-refractivity contribution is 0.572. The molecule has 2 aromatic rings. The largest absolute Gasteiger partial charge is 0.376 e. The smallest absolute Gasteiger partial charge is 0.171 e. The third kappa shape index (κ3) is 2.77. The highest BCUT2D eigenvalue weighted by atomic mass is 32.1. The Labute approximate surface area is 140 Å². The first-order chi connectivity index (χ1) is 10.4. The molecule has 1 aliphatic rings. The Morgan fingerprint density at radius 1 is 1.32 bits per heavy atom. The quantitative estimate of drug-likeness (QED) is 0.848. The normalized spacial score (nSPS) is 15.5. The SMILES string of the molecule is CC(C)(C)N(C(N)=S)c1cc2scnc2cc1N1CCCC1. The molecule has 0 amide bonds. The standard InChI is InChI=1S/C16H22N4S2/c1-16(2,3)20(15(17)21)13-9-14-11(18-10-22-14)8-12(13)19-6-4-5-7-19/h8-10H,4-7H2,1-3H3,(H2,17,21). The summed E-state index contributed by atoms with van der Waals surface area (Å²) in [5, 5.41) is 0.414. The minimum absolute atomic E-state index is 0.168. The second-order valence-corrected chi connectivity index (χ2v) is 8.00. The van der Waals surface area contributed by atoms with Gasteiger partial charge in [-0.1, -0.05) is 0 Å². The molecule has 0 aliphatic carbocycles. The van der Waals surface area contributed by atoms with E-state index in [-0.39, 0.29) is 5.54 Å². The predicted molar refractivity (Wildman–Crippen MR) is 100 cm³/mol. The highest BCUT2D eigenvalue weighted by Gasteiger charge is 2.29. The van der Waals surface area contributed by atoms with Gasteiger partial charge in [0.2, 0.25) is 0 Å². The van der Waals surface area contributed by atoms with E-state index >= 15 is 0 Å². The number of thiazole rings is 1. The molecule has 1 aliphatic heterocycles. The number of rotatable bonds is 2. The van der Waals surface area contributed by atoms with Crippen LogP contribution in [0.3, 0.4) is 0 Å². The number of hydrogen-bond acceptors (Lipinski definition) is 4. The van der Waals surface area contributed by atoms with Crippen molar-refractivity contribution in [1.29, 1.82) is 0 Å². The summed E-state index contributed by atoms with van der Waals surface area (Å²) in [4.78, 5) is 8.95. The van der Waals surface area contributed by atoms with Crippen LogP contribution in [0.2, 0.25) is 0 Å². The minimum Gasteiger partial charge on any atom is -0.376 e. The van der Waals surface area contributed by atoms with Gasteiger partial charge in [-0.2, -0.15) is 0 Å². The predicted octanol–water partition coefficient (Wildman–Crippen LogP) is 3.75. The van der Waals surface area contributed by atoms with Crippen LogP contribution in [-0.2, 0) is 0 Å². The summed E-state index contributed by atoms with van der Waals surface area (Å²) in [5.74, 6) is 0. The van der Waals surface area contributed by atoms with E-state index in [1.54, 1.807) is 11.3 Å². The van der Waals surface area contributed by atoms with Crippen molar-refractivity contribution in [2.75, 3.05) is 22.9 Å².